The van der Waals surface area contributed by atoms with E-state index in [1.807, 2.05) is 38.1 Å². The molecule has 8 heteroatoms. The molecule has 1 amide bonds. The summed E-state index contributed by atoms with van der Waals surface area (Å²) in [5.74, 6) is -0.827. The summed E-state index contributed by atoms with van der Waals surface area (Å²) in [6.07, 6.45) is 1.40. The Kier molecular flexibility index (Phi) is 5.87. The maximum atomic E-state index is 13.2. The van der Waals surface area contributed by atoms with Gasteiger partial charge in [0.15, 0.2) is 0 Å². The second-order valence-corrected chi connectivity index (χ2v) is 8.58. The molecule has 0 saturated heterocycles. The van der Waals surface area contributed by atoms with Gasteiger partial charge in [0.2, 0.25) is 5.91 Å². The Morgan fingerprint density at radius 2 is 1.75 bits per heavy atom. The molecule has 2 aromatic carbocycles. The molecule has 32 heavy (non-hydrogen) atoms. The zero-order chi connectivity index (χ0) is 22.8. The number of esters is 1. The molecule has 7 nitrogen and oxygen atoms in total. The van der Waals surface area contributed by atoms with Crippen LogP contribution < -0.4 is 10.9 Å². The number of anilines is 1. The van der Waals surface area contributed by atoms with Crippen LogP contribution in [0.4, 0.5) is 5.69 Å². The van der Waals surface area contributed by atoms with Gasteiger partial charge < -0.3 is 10.1 Å². The Bertz CT molecular complexity index is 1370. The van der Waals surface area contributed by atoms with E-state index in [4.69, 9.17) is 0 Å². The van der Waals surface area contributed by atoms with E-state index in [0.29, 0.717) is 21.5 Å². The Hall–Kier alpha value is -3.78. The first-order valence-corrected chi connectivity index (χ1v) is 10.7. The molecule has 0 fully saturated rings. The van der Waals surface area contributed by atoms with Crippen LogP contribution in [0, 0.1) is 13.8 Å². The molecule has 0 aliphatic heterocycles. The molecule has 162 valence electrons. The van der Waals surface area contributed by atoms with Crippen LogP contribution in [0.1, 0.15) is 20.8 Å². The van der Waals surface area contributed by atoms with Crippen molar-refractivity contribution in [3.8, 4) is 11.1 Å². The number of ether oxygens (including phenoxy) is 1. The Morgan fingerprint density at radius 1 is 1.06 bits per heavy atom. The lowest BCUT2D eigenvalue weighted by Crippen LogP contribution is -2.27. The topological polar surface area (TPSA) is 90.3 Å². The average molecular weight is 448 g/mol. The average Bonchev–Trinajstić information content (AvgIpc) is 3.13. The van der Waals surface area contributed by atoms with Gasteiger partial charge in [0.1, 0.15) is 11.4 Å². The molecular formula is C24H21N3O4S. The minimum atomic E-state index is -0.454. The van der Waals surface area contributed by atoms with Gasteiger partial charge in [-0.25, -0.2) is 9.78 Å². The highest BCUT2D eigenvalue weighted by molar-refractivity contribution is 7.19. The van der Waals surface area contributed by atoms with Gasteiger partial charge in [0.05, 0.1) is 24.4 Å². The molecule has 0 saturated carbocycles. The molecule has 4 aromatic rings. The van der Waals surface area contributed by atoms with E-state index in [1.165, 1.54) is 29.3 Å². The summed E-state index contributed by atoms with van der Waals surface area (Å²) >= 11 is 1.46. The maximum Gasteiger partial charge on any atom is 0.337 e. The van der Waals surface area contributed by atoms with Gasteiger partial charge in [-0.05, 0) is 43.7 Å². The second-order valence-electron chi connectivity index (χ2n) is 7.37. The van der Waals surface area contributed by atoms with Gasteiger partial charge >= 0.3 is 5.97 Å². The number of rotatable bonds is 5. The van der Waals surface area contributed by atoms with Crippen LogP contribution in [0.25, 0.3) is 21.3 Å². The van der Waals surface area contributed by atoms with Gasteiger partial charge in [0.25, 0.3) is 5.56 Å². The first-order valence-electron chi connectivity index (χ1n) is 9.91. The van der Waals surface area contributed by atoms with Crippen LogP contribution in [0.2, 0.25) is 0 Å². The first-order chi connectivity index (χ1) is 15.4. The lowest BCUT2D eigenvalue weighted by atomic mass is 10.0. The number of carbonyl (C=O) groups excluding carboxylic acids is 2. The van der Waals surface area contributed by atoms with E-state index >= 15 is 0 Å². The molecule has 0 atom stereocenters. The minimum absolute atomic E-state index is 0.178. The van der Waals surface area contributed by atoms with Crippen LogP contribution in [0.15, 0.2) is 59.7 Å². The molecule has 0 aliphatic carbocycles. The zero-order valence-corrected chi connectivity index (χ0v) is 18.7. The normalized spacial score (nSPS) is 10.8. The number of nitrogens with one attached hydrogen (secondary N) is 1. The second kappa shape index (κ2) is 8.76. The highest BCUT2D eigenvalue weighted by atomic mass is 32.1. The van der Waals surface area contributed by atoms with E-state index in [-0.39, 0.29) is 18.0 Å². The lowest BCUT2D eigenvalue weighted by molar-refractivity contribution is -0.116. The summed E-state index contributed by atoms with van der Waals surface area (Å²) in [7, 11) is 1.31. The fourth-order valence-electron chi connectivity index (χ4n) is 3.48. The number of thiophene rings is 1. The van der Waals surface area contributed by atoms with Gasteiger partial charge in [-0.3, -0.25) is 14.2 Å². The maximum absolute atomic E-state index is 13.2. The zero-order valence-electron chi connectivity index (χ0n) is 17.8. The van der Waals surface area contributed by atoms with Gasteiger partial charge in [-0.1, -0.05) is 29.8 Å². The number of fused-ring (bicyclic) bond motifs is 1. The van der Waals surface area contributed by atoms with E-state index in [1.54, 1.807) is 24.3 Å². The van der Waals surface area contributed by atoms with E-state index < -0.39 is 5.97 Å². The number of amides is 1. The van der Waals surface area contributed by atoms with Crippen molar-refractivity contribution in [1.29, 1.82) is 0 Å². The SMILES string of the molecule is COC(=O)c1ccc(NC(=O)Cn2cnc3sc(C)c(-c4ccc(C)cc4)c3c2=O)cc1. The van der Waals surface area contributed by atoms with Gasteiger partial charge in [0, 0.05) is 16.1 Å². The van der Waals surface area contributed by atoms with Crippen molar-refractivity contribution in [1.82, 2.24) is 9.55 Å². The summed E-state index contributed by atoms with van der Waals surface area (Å²) in [5, 5.41) is 3.25. The molecule has 4 rings (SSSR count). The molecule has 0 bridgehead atoms. The number of hydrogen-bond donors (Lipinski definition) is 1. The third kappa shape index (κ3) is 4.17. The minimum Gasteiger partial charge on any atom is -0.465 e. The molecule has 0 unspecified atom stereocenters. The Morgan fingerprint density at radius 3 is 2.41 bits per heavy atom. The third-order valence-corrected chi connectivity index (χ3v) is 6.11. The van der Waals surface area contributed by atoms with Gasteiger partial charge in [-0.15, -0.1) is 11.3 Å². The summed E-state index contributed by atoms with van der Waals surface area (Å²) in [6.45, 7) is 3.80. The molecule has 1 N–H and O–H groups in total. The Labute approximate surface area is 188 Å². The standard InChI is InChI=1S/C24H21N3O4S/c1-14-4-6-16(7-5-14)20-15(2)32-22-21(20)23(29)27(13-25-22)12-19(28)26-18-10-8-17(9-11-18)24(30)31-3/h4-11,13H,12H2,1-3H3,(H,26,28). The fraction of sp³-hybridized carbons (Fsp3) is 0.167. The number of aryl methyl sites for hydroxylation is 2. The van der Waals surface area contributed by atoms with Crippen molar-refractivity contribution in [2.45, 2.75) is 20.4 Å². The summed E-state index contributed by atoms with van der Waals surface area (Å²) in [5.41, 5.74) is 3.58. The first kappa shape index (κ1) is 21.5. The third-order valence-electron chi connectivity index (χ3n) is 5.10. The number of benzene rings is 2. The van der Waals surface area contributed by atoms with Gasteiger partial charge in [-0.2, -0.15) is 0 Å². The fourth-order valence-corrected chi connectivity index (χ4v) is 4.48. The number of methoxy groups -OCH3 is 1. The largest absolute Gasteiger partial charge is 0.465 e. The summed E-state index contributed by atoms with van der Waals surface area (Å²) in [4.78, 5) is 43.4. The number of carbonyl (C=O) groups is 2. The smallest absolute Gasteiger partial charge is 0.337 e. The van der Waals surface area contributed by atoms with E-state index in [9.17, 15) is 14.4 Å². The van der Waals surface area contributed by atoms with Crippen molar-refractivity contribution in [3.63, 3.8) is 0 Å². The van der Waals surface area contributed by atoms with E-state index in [2.05, 4.69) is 15.0 Å². The highest BCUT2D eigenvalue weighted by Crippen LogP contribution is 2.35. The van der Waals surface area contributed by atoms with Crippen LogP contribution in [-0.2, 0) is 16.1 Å². The van der Waals surface area contributed by atoms with Crippen molar-refractivity contribution in [2.24, 2.45) is 0 Å². The number of hydrogen-bond acceptors (Lipinski definition) is 6. The monoisotopic (exact) mass is 447 g/mol. The summed E-state index contributed by atoms with van der Waals surface area (Å²) < 4.78 is 5.97. The van der Waals surface area contributed by atoms with Crippen molar-refractivity contribution in [3.05, 3.63) is 81.2 Å². The molecule has 2 aromatic heterocycles. The molecule has 0 aliphatic rings. The van der Waals surface area contributed by atoms with Crippen LogP contribution in [0.3, 0.4) is 0 Å². The molecule has 0 radical (unpaired) electrons. The predicted molar refractivity (Wildman–Crippen MR) is 125 cm³/mol. The molecule has 0 spiro atoms. The lowest BCUT2D eigenvalue weighted by Gasteiger charge is -2.09. The van der Waals surface area contributed by atoms with Crippen LogP contribution in [0.5, 0.6) is 0 Å². The predicted octanol–water partition coefficient (Wildman–Crippen LogP) is 4.17. The number of aromatic nitrogens is 2. The number of nitrogens with zero attached hydrogens (tertiary/aromatic N) is 2. The van der Waals surface area contributed by atoms with Crippen molar-refractivity contribution < 1.29 is 14.3 Å². The van der Waals surface area contributed by atoms with Crippen LogP contribution in [-0.4, -0.2) is 28.5 Å². The quantitative estimate of drug-likeness (QED) is 0.464. The van der Waals surface area contributed by atoms with Crippen LogP contribution >= 0.6 is 11.3 Å². The molecule has 2 heterocycles. The van der Waals surface area contributed by atoms with E-state index in [0.717, 1.165) is 21.6 Å². The molecular weight excluding hydrogens is 426 g/mol. The summed E-state index contributed by atoms with van der Waals surface area (Å²) in [6, 6.07) is 14.3. The van der Waals surface area contributed by atoms with Crippen molar-refractivity contribution in [2.75, 3.05) is 12.4 Å². The Balaban J connectivity index is 1.61. The highest BCUT2D eigenvalue weighted by Gasteiger charge is 2.18. The van der Waals surface area contributed by atoms with Crippen molar-refractivity contribution >= 4 is 39.1 Å².